The normalized spacial score (nSPS) is 11.3. The second kappa shape index (κ2) is 5.21. The Labute approximate surface area is 136 Å². The topological polar surface area (TPSA) is 35.1 Å². The number of pyridine rings is 1. The third-order valence-corrected chi connectivity index (χ3v) is 4.02. The number of halogens is 2. The van der Waals surface area contributed by atoms with Crippen molar-refractivity contribution in [1.82, 2.24) is 18.9 Å². The third-order valence-electron chi connectivity index (χ3n) is 3.75. The van der Waals surface area contributed by atoms with Crippen LogP contribution >= 0.6 is 11.6 Å². The van der Waals surface area contributed by atoms with Gasteiger partial charge in [0.05, 0.1) is 6.20 Å². The van der Waals surface area contributed by atoms with Gasteiger partial charge in [0.25, 0.3) is 0 Å². The first-order valence-corrected chi connectivity index (χ1v) is 7.44. The number of aryl methyl sites for hydroxylation is 1. The third kappa shape index (κ3) is 2.29. The van der Waals surface area contributed by atoms with Crippen LogP contribution in [-0.2, 0) is 0 Å². The highest BCUT2D eigenvalue weighted by Crippen LogP contribution is 2.27. The molecule has 4 rings (SSSR count). The van der Waals surface area contributed by atoms with Crippen LogP contribution in [0.25, 0.3) is 22.7 Å². The van der Waals surface area contributed by atoms with E-state index in [0.717, 1.165) is 22.6 Å². The fourth-order valence-corrected chi connectivity index (χ4v) is 2.83. The second-order valence-corrected chi connectivity index (χ2v) is 5.65. The lowest BCUT2D eigenvalue weighted by atomic mass is 10.2. The molecule has 6 heteroatoms. The quantitative estimate of drug-likeness (QED) is 0.551. The fraction of sp³-hybridized carbons (Fsp3) is 0.0588. The van der Waals surface area contributed by atoms with Crippen molar-refractivity contribution in [2.75, 3.05) is 0 Å². The number of benzene rings is 1. The SMILES string of the molecule is Cc1cnc2ccc(-c3ncc(Cl)n3-c3ccc(F)cc3)cn12. The predicted molar refractivity (Wildman–Crippen MR) is 87.5 cm³/mol. The van der Waals surface area contributed by atoms with Crippen LogP contribution in [0.15, 0.2) is 55.0 Å². The number of aromatic nitrogens is 4. The molecule has 3 heterocycles. The summed E-state index contributed by atoms with van der Waals surface area (Å²) in [6.07, 6.45) is 5.38. The Kier molecular flexibility index (Phi) is 3.16. The minimum Gasteiger partial charge on any atom is -0.304 e. The molecule has 0 aliphatic carbocycles. The molecule has 0 fully saturated rings. The lowest BCUT2D eigenvalue weighted by Gasteiger charge is -2.10. The van der Waals surface area contributed by atoms with E-state index in [2.05, 4.69) is 9.97 Å². The Morgan fingerprint density at radius 2 is 1.78 bits per heavy atom. The average Bonchev–Trinajstić information content (AvgIpc) is 3.12. The first-order chi connectivity index (χ1) is 11.1. The van der Waals surface area contributed by atoms with Crippen LogP contribution < -0.4 is 0 Å². The summed E-state index contributed by atoms with van der Waals surface area (Å²) in [7, 11) is 0. The standard InChI is InChI=1S/C17H12ClFN4/c1-11-8-20-16-7-2-12(10-22(11)16)17-21-9-15(18)23(17)14-5-3-13(19)4-6-14/h2-10H,1H3. The molecule has 0 saturated heterocycles. The minimum atomic E-state index is -0.290. The van der Waals surface area contributed by atoms with Crippen LogP contribution in [0.2, 0.25) is 5.15 Å². The van der Waals surface area contributed by atoms with Crippen molar-refractivity contribution >= 4 is 17.2 Å². The molecule has 0 N–H and O–H groups in total. The lowest BCUT2D eigenvalue weighted by molar-refractivity contribution is 0.627. The van der Waals surface area contributed by atoms with Crippen LogP contribution in [0.4, 0.5) is 4.39 Å². The Morgan fingerprint density at radius 3 is 2.57 bits per heavy atom. The molecule has 0 bridgehead atoms. The highest BCUT2D eigenvalue weighted by atomic mass is 35.5. The molecular formula is C17H12ClFN4. The van der Waals surface area contributed by atoms with Crippen LogP contribution in [0.3, 0.4) is 0 Å². The van der Waals surface area contributed by atoms with Crippen molar-refractivity contribution in [2.24, 2.45) is 0 Å². The first kappa shape index (κ1) is 14.0. The Morgan fingerprint density at radius 1 is 1.00 bits per heavy atom. The number of imidazole rings is 2. The summed E-state index contributed by atoms with van der Waals surface area (Å²) in [5, 5.41) is 0.467. The molecule has 0 amide bonds. The zero-order chi connectivity index (χ0) is 16.0. The molecular weight excluding hydrogens is 315 g/mol. The monoisotopic (exact) mass is 326 g/mol. The molecule has 4 aromatic rings. The summed E-state index contributed by atoms with van der Waals surface area (Å²) in [6.45, 7) is 1.99. The molecule has 114 valence electrons. The van der Waals surface area contributed by atoms with E-state index in [1.165, 1.54) is 12.1 Å². The average molecular weight is 327 g/mol. The van der Waals surface area contributed by atoms with E-state index in [9.17, 15) is 4.39 Å². The van der Waals surface area contributed by atoms with E-state index < -0.39 is 0 Å². The summed E-state index contributed by atoms with van der Waals surface area (Å²) < 4.78 is 16.9. The van der Waals surface area contributed by atoms with Gasteiger partial charge in [-0.05, 0) is 43.3 Å². The smallest absolute Gasteiger partial charge is 0.147 e. The number of rotatable bonds is 2. The molecule has 0 atom stereocenters. The molecule has 0 aliphatic rings. The molecule has 0 spiro atoms. The lowest BCUT2D eigenvalue weighted by Crippen LogP contribution is -1.99. The van der Waals surface area contributed by atoms with Gasteiger partial charge in [-0.1, -0.05) is 11.6 Å². The molecule has 4 nitrogen and oxygen atoms in total. The summed E-state index contributed by atoms with van der Waals surface area (Å²) in [6, 6.07) is 10.0. The summed E-state index contributed by atoms with van der Waals surface area (Å²) in [5.41, 5.74) is 3.56. The van der Waals surface area contributed by atoms with E-state index in [1.54, 1.807) is 22.9 Å². The zero-order valence-electron chi connectivity index (χ0n) is 12.2. The number of hydrogen-bond donors (Lipinski definition) is 0. The van der Waals surface area contributed by atoms with Gasteiger partial charge in [0.1, 0.15) is 22.4 Å². The maximum absolute atomic E-state index is 13.2. The van der Waals surface area contributed by atoms with Crippen molar-refractivity contribution < 1.29 is 4.39 Å². The van der Waals surface area contributed by atoms with Gasteiger partial charge in [-0.2, -0.15) is 0 Å². The van der Waals surface area contributed by atoms with Crippen molar-refractivity contribution in [3.63, 3.8) is 0 Å². The van der Waals surface area contributed by atoms with Crippen molar-refractivity contribution in [1.29, 1.82) is 0 Å². The first-order valence-electron chi connectivity index (χ1n) is 7.07. The zero-order valence-corrected chi connectivity index (χ0v) is 13.0. The minimum absolute atomic E-state index is 0.290. The number of hydrogen-bond acceptors (Lipinski definition) is 2. The van der Waals surface area contributed by atoms with Crippen LogP contribution in [0, 0.1) is 12.7 Å². The van der Waals surface area contributed by atoms with Crippen LogP contribution in [0.5, 0.6) is 0 Å². The van der Waals surface area contributed by atoms with E-state index in [1.807, 2.05) is 35.9 Å². The Balaban J connectivity index is 1.91. The van der Waals surface area contributed by atoms with Gasteiger partial charge >= 0.3 is 0 Å². The number of fused-ring (bicyclic) bond motifs is 1. The molecule has 0 unspecified atom stereocenters. The van der Waals surface area contributed by atoms with E-state index in [-0.39, 0.29) is 5.82 Å². The highest BCUT2D eigenvalue weighted by Gasteiger charge is 2.13. The van der Waals surface area contributed by atoms with Crippen LogP contribution in [-0.4, -0.2) is 18.9 Å². The van der Waals surface area contributed by atoms with E-state index in [0.29, 0.717) is 11.0 Å². The maximum Gasteiger partial charge on any atom is 0.147 e. The molecule has 1 aromatic carbocycles. The summed E-state index contributed by atoms with van der Waals surface area (Å²) >= 11 is 6.29. The molecule has 0 radical (unpaired) electrons. The van der Waals surface area contributed by atoms with Gasteiger partial charge in [0.15, 0.2) is 0 Å². The molecule has 0 saturated carbocycles. The van der Waals surface area contributed by atoms with Crippen molar-refractivity contribution in [3.8, 4) is 17.1 Å². The number of nitrogens with zero attached hydrogens (tertiary/aromatic N) is 4. The van der Waals surface area contributed by atoms with Crippen molar-refractivity contribution in [2.45, 2.75) is 6.92 Å². The molecule has 0 aliphatic heterocycles. The predicted octanol–water partition coefficient (Wildman–Crippen LogP) is 4.29. The van der Waals surface area contributed by atoms with Gasteiger partial charge in [0.2, 0.25) is 0 Å². The maximum atomic E-state index is 13.2. The second-order valence-electron chi connectivity index (χ2n) is 5.26. The summed E-state index contributed by atoms with van der Waals surface area (Å²) in [4.78, 5) is 8.73. The van der Waals surface area contributed by atoms with E-state index >= 15 is 0 Å². The van der Waals surface area contributed by atoms with Gasteiger partial charge in [-0.25, -0.2) is 14.4 Å². The van der Waals surface area contributed by atoms with Crippen LogP contribution in [0.1, 0.15) is 5.69 Å². The van der Waals surface area contributed by atoms with Gasteiger partial charge < -0.3 is 4.40 Å². The largest absolute Gasteiger partial charge is 0.304 e. The Bertz CT molecular complexity index is 1000. The fourth-order valence-electron chi connectivity index (χ4n) is 2.61. The van der Waals surface area contributed by atoms with E-state index in [4.69, 9.17) is 11.6 Å². The Hall–Kier alpha value is -2.66. The van der Waals surface area contributed by atoms with Gasteiger partial charge in [-0.15, -0.1) is 0 Å². The van der Waals surface area contributed by atoms with Gasteiger partial charge in [0, 0.05) is 29.3 Å². The van der Waals surface area contributed by atoms with Gasteiger partial charge in [-0.3, -0.25) is 4.57 Å². The molecule has 23 heavy (non-hydrogen) atoms. The van der Waals surface area contributed by atoms with Crippen molar-refractivity contribution in [3.05, 3.63) is 71.7 Å². The summed E-state index contributed by atoms with van der Waals surface area (Å²) in [5.74, 6) is 0.401. The highest BCUT2D eigenvalue weighted by molar-refractivity contribution is 6.30. The molecule has 3 aromatic heterocycles.